The molecule has 0 aliphatic carbocycles. The average Bonchev–Trinajstić information content (AvgIpc) is 2.47. The van der Waals surface area contributed by atoms with Crippen molar-refractivity contribution in [1.29, 1.82) is 0 Å². The zero-order chi connectivity index (χ0) is 15.8. The summed E-state index contributed by atoms with van der Waals surface area (Å²) in [5.74, 6) is -0.177. The fraction of sp³-hybridized carbons (Fsp3) is 0.500. The third kappa shape index (κ3) is 5.45. The van der Waals surface area contributed by atoms with Crippen molar-refractivity contribution in [2.75, 3.05) is 5.32 Å². The smallest absolute Gasteiger partial charge is 0.319 e. The monoisotopic (exact) mass is 291 g/mol. The lowest BCUT2D eigenvalue weighted by atomic mass is 10.1. The fourth-order valence-electron chi connectivity index (χ4n) is 1.68. The van der Waals surface area contributed by atoms with Gasteiger partial charge in [-0.05, 0) is 38.8 Å². The van der Waals surface area contributed by atoms with Gasteiger partial charge in [-0.15, -0.1) is 0 Å². The van der Waals surface area contributed by atoms with E-state index in [-0.39, 0.29) is 24.0 Å². The van der Waals surface area contributed by atoms with Gasteiger partial charge < -0.3 is 16.0 Å². The van der Waals surface area contributed by atoms with Crippen LogP contribution < -0.4 is 16.0 Å². The Balaban J connectivity index is 2.79. The van der Waals surface area contributed by atoms with Crippen LogP contribution >= 0.6 is 0 Å². The number of nitrogens with one attached hydrogen (secondary N) is 3. The number of anilines is 1. The zero-order valence-electron chi connectivity index (χ0n) is 13.2. The van der Waals surface area contributed by atoms with Crippen LogP contribution in [0.1, 0.15) is 50.9 Å². The van der Waals surface area contributed by atoms with Crippen molar-refractivity contribution in [2.24, 2.45) is 0 Å². The molecule has 0 bridgehead atoms. The lowest BCUT2D eigenvalue weighted by Crippen LogP contribution is -2.37. The first-order chi connectivity index (χ1) is 9.97. The molecule has 0 aromatic heterocycles. The first-order valence-electron chi connectivity index (χ1n) is 7.45. The van der Waals surface area contributed by atoms with Crippen LogP contribution in [0.4, 0.5) is 10.5 Å². The summed E-state index contributed by atoms with van der Waals surface area (Å²) in [6.07, 6.45) is 1.71. The second-order valence-corrected chi connectivity index (χ2v) is 5.24. The van der Waals surface area contributed by atoms with Crippen molar-refractivity contribution >= 4 is 17.6 Å². The van der Waals surface area contributed by atoms with Crippen LogP contribution in [0.5, 0.6) is 0 Å². The molecule has 0 radical (unpaired) electrons. The molecule has 0 saturated carbocycles. The number of hydrogen-bond acceptors (Lipinski definition) is 2. The molecular formula is C16H25N3O2. The molecule has 0 saturated heterocycles. The number of hydrogen-bond donors (Lipinski definition) is 3. The fourth-order valence-corrected chi connectivity index (χ4v) is 1.68. The maximum atomic E-state index is 12.2. The molecule has 2 atom stereocenters. The Hall–Kier alpha value is -2.04. The maximum absolute atomic E-state index is 12.2. The molecule has 3 N–H and O–H groups in total. The van der Waals surface area contributed by atoms with Gasteiger partial charge in [-0.1, -0.05) is 26.0 Å². The third-order valence-corrected chi connectivity index (χ3v) is 3.40. The van der Waals surface area contributed by atoms with Crippen molar-refractivity contribution in [1.82, 2.24) is 10.6 Å². The van der Waals surface area contributed by atoms with Gasteiger partial charge >= 0.3 is 6.03 Å². The number of amides is 3. The first-order valence-corrected chi connectivity index (χ1v) is 7.45. The van der Waals surface area contributed by atoms with E-state index in [0.717, 1.165) is 12.8 Å². The SMILES string of the molecule is CC[C@@H](C)NC(=O)Nc1ccccc1C(=O)N[C@H](C)CC. The summed E-state index contributed by atoms with van der Waals surface area (Å²) in [6, 6.07) is 6.89. The highest BCUT2D eigenvalue weighted by atomic mass is 16.2. The van der Waals surface area contributed by atoms with Crippen LogP contribution in [-0.4, -0.2) is 24.0 Å². The van der Waals surface area contributed by atoms with Gasteiger partial charge in [0.25, 0.3) is 5.91 Å². The Morgan fingerprint density at radius 3 is 2.19 bits per heavy atom. The van der Waals surface area contributed by atoms with E-state index in [0.29, 0.717) is 11.3 Å². The van der Waals surface area contributed by atoms with E-state index >= 15 is 0 Å². The Bertz CT molecular complexity index is 488. The summed E-state index contributed by atoms with van der Waals surface area (Å²) in [7, 11) is 0. The van der Waals surface area contributed by atoms with E-state index in [9.17, 15) is 9.59 Å². The van der Waals surface area contributed by atoms with Crippen molar-refractivity contribution < 1.29 is 9.59 Å². The molecule has 1 aromatic carbocycles. The number of benzene rings is 1. The summed E-state index contributed by atoms with van der Waals surface area (Å²) >= 11 is 0. The molecule has 5 nitrogen and oxygen atoms in total. The van der Waals surface area contributed by atoms with E-state index in [4.69, 9.17) is 0 Å². The molecule has 5 heteroatoms. The number of carbonyl (C=O) groups is 2. The van der Waals surface area contributed by atoms with Gasteiger partial charge in [0.15, 0.2) is 0 Å². The number of para-hydroxylation sites is 1. The number of carbonyl (C=O) groups excluding carboxylic acids is 2. The predicted molar refractivity (Wildman–Crippen MR) is 85.6 cm³/mol. The van der Waals surface area contributed by atoms with Crippen LogP contribution in [-0.2, 0) is 0 Å². The number of rotatable bonds is 6. The Kier molecular flexibility index (Phi) is 6.72. The molecule has 0 fully saturated rings. The molecule has 0 heterocycles. The van der Waals surface area contributed by atoms with E-state index in [1.54, 1.807) is 24.3 Å². The summed E-state index contributed by atoms with van der Waals surface area (Å²) < 4.78 is 0. The summed E-state index contributed by atoms with van der Waals surface area (Å²) in [4.78, 5) is 24.1. The standard InChI is InChI=1S/C16H25N3O2/c1-5-11(3)17-15(20)13-9-7-8-10-14(13)19-16(21)18-12(4)6-2/h7-12H,5-6H2,1-4H3,(H,17,20)(H2,18,19,21)/t11-,12-/m1/s1. The number of urea groups is 1. The maximum Gasteiger partial charge on any atom is 0.319 e. The highest BCUT2D eigenvalue weighted by molar-refractivity contribution is 6.03. The van der Waals surface area contributed by atoms with Gasteiger partial charge in [0.2, 0.25) is 0 Å². The minimum absolute atomic E-state index is 0.0890. The van der Waals surface area contributed by atoms with Crippen LogP contribution in [0.3, 0.4) is 0 Å². The first kappa shape index (κ1) is 17.0. The molecule has 0 unspecified atom stereocenters. The van der Waals surface area contributed by atoms with Crippen molar-refractivity contribution in [2.45, 2.75) is 52.6 Å². The van der Waals surface area contributed by atoms with Crippen molar-refractivity contribution in [3.63, 3.8) is 0 Å². The highest BCUT2D eigenvalue weighted by Crippen LogP contribution is 2.15. The topological polar surface area (TPSA) is 70.2 Å². The van der Waals surface area contributed by atoms with Crippen LogP contribution in [0.25, 0.3) is 0 Å². The third-order valence-electron chi connectivity index (χ3n) is 3.40. The van der Waals surface area contributed by atoms with Gasteiger partial charge in [0, 0.05) is 12.1 Å². The Labute approximate surface area is 126 Å². The molecule has 0 spiro atoms. The Morgan fingerprint density at radius 2 is 1.57 bits per heavy atom. The molecule has 3 amide bonds. The molecule has 1 aromatic rings. The molecule has 0 aliphatic rings. The largest absolute Gasteiger partial charge is 0.350 e. The minimum atomic E-state index is -0.298. The van der Waals surface area contributed by atoms with Gasteiger partial charge in [-0.3, -0.25) is 4.79 Å². The van der Waals surface area contributed by atoms with Crippen LogP contribution in [0.2, 0.25) is 0 Å². The molecule has 116 valence electrons. The second kappa shape index (κ2) is 8.29. The second-order valence-electron chi connectivity index (χ2n) is 5.24. The minimum Gasteiger partial charge on any atom is -0.350 e. The summed E-state index contributed by atoms with van der Waals surface area (Å²) in [6.45, 7) is 7.89. The molecular weight excluding hydrogens is 266 g/mol. The molecule has 21 heavy (non-hydrogen) atoms. The summed E-state index contributed by atoms with van der Waals surface area (Å²) in [5, 5.41) is 8.45. The van der Waals surface area contributed by atoms with Gasteiger partial charge in [0.05, 0.1) is 11.3 Å². The van der Waals surface area contributed by atoms with E-state index < -0.39 is 0 Å². The van der Waals surface area contributed by atoms with E-state index in [1.165, 1.54) is 0 Å². The zero-order valence-corrected chi connectivity index (χ0v) is 13.2. The molecule has 0 aliphatic heterocycles. The lowest BCUT2D eigenvalue weighted by molar-refractivity contribution is 0.0940. The predicted octanol–water partition coefficient (Wildman–Crippen LogP) is 3.13. The van der Waals surface area contributed by atoms with Crippen molar-refractivity contribution in [3.8, 4) is 0 Å². The van der Waals surface area contributed by atoms with E-state index in [2.05, 4.69) is 16.0 Å². The normalized spacial score (nSPS) is 13.1. The van der Waals surface area contributed by atoms with Crippen LogP contribution in [0, 0.1) is 0 Å². The van der Waals surface area contributed by atoms with Crippen molar-refractivity contribution in [3.05, 3.63) is 29.8 Å². The van der Waals surface area contributed by atoms with Gasteiger partial charge in [-0.2, -0.15) is 0 Å². The van der Waals surface area contributed by atoms with E-state index in [1.807, 2.05) is 27.7 Å². The van der Waals surface area contributed by atoms with Gasteiger partial charge in [-0.25, -0.2) is 4.79 Å². The average molecular weight is 291 g/mol. The van der Waals surface area contributed by atoms with Crippen LogP contribution in [0.15, 0.2) is 24.3 Å². The lowest BCUT2D eigenvalue weighted by Gasteiger charge is -2.16. The van der Waals surface area contributed by atoms with Gasteiger partial charge in [0.1, 0.15) is 0 Å². The quantitative estimate of drug-likeness (QED) is 0.753. The summed E-state index contributed by atoms with van der Waals surface area (Å²) in [5.41, 5.74) is 0.983. The Morgan fingerprint density at radius 1 is 1.00 bits per heavy atom. The highest BCUT2D eigenvalue weighted by Gasteiger charge is 2.14. The molecule has 1 rings (SSSR count).